The predicted octanol–water partition coefficient (Wildman–Crippen LogP) is 4.04. The minimum atomic E-state index is 0. The molecule has 1 heterocycles. The number of thiazole rings is 1. The van der Waals surface area contributed by atoms with Gasteiger partial charge in [-0.3, -0.25) is 4.99 Å². The molecule has 2 rings (SSSR count). The summed E-state index contributed by atoms with van der Waals surface area (Å²) in [6, 6.07) is 10.5. The van der Waals surface area contributed by atoms with Gasteiger partial charge in [0.1, 0.15) is 4.34 Å². The number of thioether (sulfide) groups is 1. The first-order chi connectivity index (χ1) is 11.4. The fourth-order valence-corrected chi connectivity index (χ4v) is 3.64. The van der Waals surface area contributed by atoms with E-state index >= 15 is 0 Å². The molecule has 2 aromatic rings. The molecule has 0 radical (unpaired) electrons. The Morgan fingerprint density at radius 1 is 1.25 bits per heavy atom. The largest absolute Gasteiger partial charge is 0.357 e. The average Bonchev–Trinajstić information content (AvgIpc) is 3.09. The fraction of sp³-hybridized carbons (Fsp3) is 0.412. The number of halogens is 1. The number of nitrogens with one attached hydrogen (secondary N) is 2. The first-order valence-electron chi connectivity index (χ1n) is 7.97. The van der Waals surface area contributed by atoms with Crippen molar-refractivity contribution in [1.82, 2.24) is 15.6 Å². The minimum Gasteiger partial charge on any atom is -0.357 e. The van der Waals surface area contributed by atoms with E-state index in [2.05, 4.69) is 51.8 Å². The van der Waals surface area contributed by atoms with Crippen LogP contribution in [0.1, 0.15) is 18.9 Å². The van der Waals surface area contributed by atoms with Crippen LogP contribution < -0.4 is 10.6 Å². The van der Waals surface area contributed by atoms with Crippen LogP contribution in [0.3, 0.4) is 0 Å². The average molecular weight is 476 g/mol. The number of hydrogen-bond acceptors (Lipinski definition) is 4. The summed E-state index contributed by atoms with van der Waals surface area (Å²) < 4.78 is 1.14. The zero-order valence-corrected chi connectivity index (χ0v) is 17.9. The Labute approximate surface area is 170 Å². The summed E-state index contributed by atoms with van der Waals surface area (Å²) in [6.45, 7) is 4.69. The Balaban J connectivity index is 0.00000288. The molecule has 0 saturated carbocycles. The van der Waals surface area contributed by atoms with Crippen LogP contribution in [-0.2, 0) is 6.42 Å². The second-order valence-electron chi connectivity index (χ2n) is 4.92. The third-order valence-corrected chi connectivity index (χ3v) is 5.15. The molecular formula is C17H25IN4S2. The van der Waals surface area contributed by atoms with Gasteiger partial charge in [-0.1, -0.05) is 42.1 Å². The van der Waals surface area contributed by atoms with Crippen LogP contribution in [0.25, 0.3) is 0 Å². The van der Waals surface area contributed by atoms with Crippen LogP contribution in [0.5, 0.6) is 0 Å². The van der Waals surface area contributed by atoms with Crippen molar-refractivity contribution < 1.29 is 0 Å². The number of guanidine groups is 1. The molecule has 24 heavy (non-hydrogen) atoms. The van der Waals surface area contributed by atoms with E-state index in [1.54, 1.807) is 23.1 Å². The summed E-state index contributed by atoms with van der Waals surface area (Å²) in [6.07, 6.45) is 3.91. The van der Waals surface area contributed by atoms with E-state index in [-0.39, 0.29) is 24.0 Å². The Kier molecular flexibility index (Phi) is 11.9. The van der Waals surface area contributed by atoms with Gasteiger partial charge in [0.25, 0.3) is 0 Å². The third kappa shape index (κ3) is 8.89. The van der Waals surface area contributed by atoms with Gasteiger partial charge in [0, 0.05) is 37.0 Å². The molecule has 0 aliphatic carbocycles. The topological polar surface area (TPSA) is 49.3 Å². The summed E-state index contributed by atoms with van der Waals surface area (Å²) in [5.74, 6) is 1.96. The standard InChI is InChI=1S/C17H24N4S2.HI/c1-2-18-16(20-11-9-15-7-4-3-5-8-15)19-10-6-13-22-17-21-12-14-23-17;/h3-5,7-8,12,14H,2,6,9-11,13H2,1H3,(H2,18,19,20);1H. The molecule has 0 atom stereocenters. The number of rotatable bonds is 9. The number of benzene rings is 1. The normalized spacial score (nSPS) is 11.0. The van der Waals surface area contributed by atoms with Crippen molar-refractivity contribution in [1.29, 1.82) is 0 Å². The Bertz CT molecular complexity index is 561. The van der Waals surface area contributed by atoms with Gasteiger partial charge in [-0.15, -0.1) is 35.3 Å². The molecule has 2 N–H and O–H groups in total. The Morgan fingerprint density at radius 2 is 2.08 bits per heavy atom. The minimum absolute atomic E-state index is 0. The van der Waals surface area contributed by atoms with Gasteiger partial charge in [0.2, 0.25) is 0 Å². The molecule has 0 saturated heterocycles. The molecule has 1 aromatic carbocycles. The number of nitrogens with zero attached hydrogens (tertiary/aromatic N) is 2. The number of hydrogen-bond donors (Lipinski definition) is 2. The van der Waals surface area contributed by atoms with E-state index in [4.69, 9.17) is 0 Å². The van der Waals surface area contributed by atoms with Crippen molar-refractivity contribution in [2.75, 3.05) is 25.4 Å². The zero-order valence-electron chi connectivity index (χ0n) is 13.9. The van der Waals surface area contributed by atoms with Crippen LogP contribution in [0.4, 0.5) is 0 Å². The molecule has 0 bridgehead atoms. The third-order valence-electron chi connectivity index (χ3n) is 3.10. The Morgan fingerprint density at radius 3 is 2.79 bits per heavy atom. The Hall–Kier alpha value is -0.800. The highest BCUT2D eigenvalue weighted by Gasteiger charge is 1.99. The van der Waals surface area contributed by atoms with E-state index in [0.717, 1.165) is 48.5 Å². The summed E-state index contributed by atoms with van der Waals surface area (Å²) >= 11 is 3.50. The lowest BCUT2D eigenvalue weighted by Gasteiger charge is -2.11. The molecule has 0 aliphatic heterocycles. The van der Waals surface area contributed by atoms with E-state index in [0.29, 0.717) is 0 Å². The monoisotopic (exact) mass is 476 g/mol. The molecule has 1 aromatic heterocycles. The van der Waals surface area contributed by atoms with Crippen molar-refractivity contribution in [2.45, 2.75) is 24.1 Å². The van der Waals surface area contributed by atoms with E-state index < -0.39 is 0 Å². The highest BCUT2D eigenvalue weighted by atomic mass is 127. The second-order valence-corrected chi connectivity index (χ2v) is 7.16. The van der Waals surface area contributed by atoms with E-state index in [9.17, 15) is 0 Å². The molecule has 0 amide bonds. The van der Waals surface area contributed by atoms with Crippen LogP contribution in [0.15, 0.2) is 51.2 Å². The lowest BCUT2D eigenvalue weighted by atomic mass is 10.1. The summed E-state index contributed by atoms with van der Waals surface area (Å²) in [4.78, 5) is 8.90. The highest BCUT2D eigenvalue weighted by molar-refractivity contribution is 14.0. The van der Waals surface area contributed by atoms with E-state index in [1.807, 2.05) is 17.6 Å². The van der Waals surface area contributed by atoms with Crippen LogP contribution in [0.2, 0.25) is 0 Å². The van der Waals surface area contributed by atoms with Crippen molar-refractivity contribution in [3.05, 3.63) is 47.5 Å². The van der Waals surface area contributed by atoms with Crippen LogP contribution in [0, 0.1) is 0 Å². The van der Waals surface area contributed by atoms with Gasteiger partial charge in [0.15, 0.2) is 5.96 Å². The molecule has 0 aliphatic rings. The second kappa shape index (κ2) is 13.5. The van der Waals surface area contributed by atoms with Gasteiger partial charge in [0.05, 0.1) is 0 Å². The van der Waals surface area contributed by atoms with Crippen LogP contribution >= 0.6 is 47.1 Å². The molecule has 7 heteroatoms. The first kappa shape index (κ1) is 21.2. The lowest BCUT2D eigenvalue weighted by molar-refractivity contribution is 0.794. The molecular weight excluding hydrogens is 451 g/mol. The first-order valence-corrected chi connectivity index (χ1v) is 9.83. The van der Waals surface area contributed by atoms with E-state index in [1.165, 1.54) is 5.56 Å². The summed E-state index contributed by atoms with van der Waals surface area (Å²) in [5, 5.41) is 8.70. The smallest absolute Gasteiger partial charge is 0.191 e. The van der Waals surface area contributed by atoms with Gasteiger partial charge in [-0.25, -0.2) is 4.98 Å². The zero-order chi connectivity index (χ0) is 16.2. The van der Waals surface area contributed by atoms with Crippen molar-refractivity contribution in [3.63, 3.8) is 0 Å². The van der Waals surface area contributed by atoms with Gasteiger partial charge in [-0.05, 0) is 25.3 Å². The van der Waals surface area contributed by atoms with Crippen molar-refractivity contribution in [3.8, 4) is 0 Å². The number of aromatic nitrogens is 1. The highest BCUT2D eigenvalue weighted by Crippen LogP contribution is 2.20. The molecule has 0 fully saturated rings. The van der Waals surface area contributed by atoms with Gasteiger partial charge < -0.3 is 10.6 Å². The van der Waals surface area contributed by atoms with Crippen molar-refractivity contribution >= 4 is 53.0 Å². The molecule has 132 valence electrons. The number of aliphatic imine (C=N–C) groups is 1. The SMILES string of the molecule is CCNC(=NCCCSc1nccs1)NCCc1ccccc1.I. The summed E-state index contributed by atoms with van der Waals surface area (Å²) in [7, 11) is 0. The van der Waals surface area contributed by atoms with Gasteiger partial charge >= 0.3 is 0 Å². The molecule has 4 nitrogen and oxygen atoms in total. The molecule has 0 spiro atoms. The maximum absolute atomic E-state index is 4.63. The quantitative estimate of drug-likeness (QED) is 0.189. The predicted molar refractivity (Wildman–Crippen MR) is 117 cm³/mol. The maximum atomic E-state index is 4.63. The maximum Gasteiger partial charge on any atom is 0.191 e. The fourth-order valence-electron chi connectivity index (χ4n) is 2.01. The summed E-state index contributed by atoms with van der Waals surface area (Å²) in [5.41, 5.74) is 1.34. The van der Waals surface area contributed by atoms with Crippen LogP contribution in [-0.4, -0.2) is 36.3 Å². The molecule has 0 unspecified atom stereocenters. The van der Waals surface area contributed by atoms with Gasteiger partial charge in [-0.2, -0.15) is 0 Å². The van der Waals surface area contributed by atoms with Crippen molar-refractivity contribution in [2.24, 2.45) is 4.99 Å². The lowest BCUT2D eigenvalue weighted by Crippen LogP contribution is -2.38.